The van der Waals surface area contributed by atoms with Crippen LogP contribution in [0.2, 0.25) is 0 Å². The molecule has 4 rings (SSSR count). The van der Waals surface area contributed by atoms with E-state index in [1.54, 1.807) is 29.3 Å². The maximum absolute atomic E-state index is 12.7. The Labute approximate surface area is 147 Å². The van der Waals surface area contributed by atoms with E-state index in [0.717, 1.165) is 25.9 Å². The van der Waals surface area contributed by atoms with Gasteiger partial charge in [-0.15, -0.1) is 0 Å². The van der Waals surface area contributed by atoms with E-state index in [9.17, 15) is 13.2 Å². The maximum Gasteiger partial charge on any atom is 0.272 e. The lowest BCUT2D eigenvalue weighted by atomic mass is 9.95. The van der Waals surface area contributed by atoms with Crippen molar-refractivity contribution >= 4 is 15.7 Å². The lowest BCUT2D eigenvalue weighted by Gasteiger charge is -2.52. The summed E-state index contributed by atoms with van der Waals surface area (Å²) in [5.74, 6) is -0.170. The summed E-state index contributed by atoms with van der Waals surface area (Å²) in [6, 6.07) is 5.18. The van der Waals surface area contributed by atoms with E-state index in [2.05, 4.69) is 9.88 Å². The van der Waals surface area contributed by atoms with Crippen molar-refractivity contribution in [2.75, 3.05) is 45.1 Å². The van der Waals surface area contributed by atoms with Gasteiger partial charge >= 0.3 is 0 Å². The molecule has 0 radical (unpaired) electrons. The third kappa shape index (κ3) is 3.30. The molecule has 0 bridgehead atoms. The molecule has 4 heterocycles. The van der Waals surface area contributed by atoms with Gasteiger partial charge in [-0.1, -0.05) is 6.07 Å². The molecule has 1 atom stereocenters. The van der Waals surface area contributed by atoms with Crippen molar-refractivity contribution in [3.8, 4) is 0 Å². The number of nitrogens with zero attached hydrogens (tertiary/aromatic N) is 3. The quantitative estimate of drug-likeness (QED) is 0.761. The number of hydrogen-bond donors (Lipinski definition) is 0. The number of pyridine rings is 1. The summed E-state index contributed by atoms with van der Waals surface area (Å²) in [6.07, 6.45) is 3.86. The third-order valence-corrected chi connectivity index (χ3v) is 7.57. The second-order valence-corrected chi connectivity index (χ2v) is 9.59. The minimum absolute atomic E-state index is 0.00447. The van der Waals surface area contributed by atoms with E-state index in [0.29, 0.717) is 25.3 Å². The number of carbonyl (C=O) groups excluding carboxylic acids is 1. The predicted octanol–water partition coefficient (Wildman–Crippen LogP) is 0.186. The first-order valence-corrected chi connectivity index (χ1v) is 10.5. The van der Waals surface area contributed by atoms with Crippen molar-refractivity contribution in [3.63, 3.8) is 0 Å². The van der Waals surface area contributed by atoms with Gasteiger partial charge in [0.1, 0.15) is 11.3 Å². The van der Waals surface area contributed by atoms with E-state index < -0.39 is 20.7 Å². The van der Waals surface area contributed by atoms with Crippen LogP contribution >= 0.6 is 0 Å². The number of ether oxygens (including phenoxy) is 1. The summed E-state index contributed by atoms with van der Waals surface area (Å²) < 4.78 is 31.4. The molecule has 0 aromatic carbocycles. The van der Waals surface area contributed by atoms with Crippen LogP contribution in [0.5, 0.6) is 0 Å². The molecule has 3 fully saturated rings. The summed E-state index contributed by atoms with van der Waals surface area (Å²) in [4.78, 5) is 20.2. The van der Waals surface area contributed by atoms with Crippen molar-refractivity contribution in [3.05, 3.63) is 30.1 Å². The Hall–Kier alpha value is -1.51. The van der Waals surface area contributed by atoms with Crippen LogP contribution in [0.25, 0.3) is 0 Å². The SMILES string of the molecule is O=C(c1ccccn1)N1CC2(C1)CS(=O)(=O)[C@@H](CN1CCCC1)CO2. The zero-order chi connectivity index (χ0) is 17.5. The van der Waals surface area contributed by atoms with Crippen LogP contribution < -0.4 is 0 Å². The first-order valence-electron chi connectivity index (χ1n) is 8.76. The molecule has 1 aromatic rings. The number of likely N-dealkylation sites (tertiary alicyclic amines) is 2. The van der Waals surface area contributed by atoms with Crippen molar-refractivity contribution in [2.24, 2.45) is 0 Å². The van der Waals surface area contributed by atoms with Crippen LogP contribution in [0, 0.1) is 0 Å². The highest BCUT2D eigenvalue weighted by atomic mass is 32.2. The predicted molar refractivity (Wildman–Crippen MR) is 92.1 cm³/mol. The van der Waals surface area contributed by atoms with Crippen molar-refractivity contribution in [1.29, 1.82) is 0 Å². The number of rotatable bonds is 3. The lowest BCUT2D eigenvalue weighted by Crippen LogP contribution is -2.71. The van der Waals surface area contributed by atoms with Gasteiger partial charge in [0, 0.05) is 12.7 Å². The van der Waals surface area contributed by atoms with Crippen LogP contribution in [-0.2, 0) is 14.6 Å². The lowest BCUT2D eigenvalue weighted by molar-refractivity contribution is -0.121. The molecular weight excluding hydrogens is 342 g/mol. The first-order chi connectivity index (χ1) is 12.0. The molecule has 25 heavy (non-hydrogen) atoms. The third-order valence-electron chi connectivity index (χ3n) is 5.34. The molecule has 8 heteroatoms. The fraction of sp³-hybridized carbons (Fsp3) is 0.647. The normalized spacial score (nSPS) is 28.0. The van der Waals surface area contributed by atoms with Gasteiger partial charge in [0.2, 0.25) is 0 Å². The summed E-state index contributed by atoms with van der Waals surface area (Å²) >= 11 is 0. The smallest absolute Gasteiger partial charge is 0.272 e. The molecule has 0 saturated carbocycles. The van der Waals surface area contributed by atoms with E-state index >= 15 is 0 Å². The molecule has 3 aliphatic rings. The summed E-state index contributed by atoms with van der Waals surface area (Å²) in [7, 11) is -3.21. The van der Waals surface area contributed by atoms with Gasteiger partial charge in [0.05, 0.1) is 30.7 Å². The van der Waals surface area contributed by atoms with Crippen LogP contribution in [0.15, 0.2) is 24.4 Å². The van der Waals surface area contributed by atoms with Crippen molar-refractivity contribution < 1.29 is 17.9 Å². The molecule has 1 aromatic heterocycles. The Morgan fingerprint density at radius 2 is 2.04 bits per heavy atom. The molecule has 0 N–H and O–H groups in total. The van der Waals surface area contributed by atoms with Crippen LogP contribution in [0.1, 0.15) is 23.3 Å². The second kappa shape index (κ2) is 6.34. The first kappa shape index (κ1) is 16.9. The molecule has 1 spiro atoms. The van der Waals surface area contributed by atoms with Gasteiger partial charge in [-0.3, -0.25) is 9.78 Å². The second-order valence-electron chi connectivity index (χ2n) is 7.31. The van der Waals surface area contributed by atoms with E-state index in [-0.39, 0.29) is 18.3 Å². The minimum atomic E-state index is -3.21. The van der Waals surface area contributed by atoms with E-state index in [1.165, 1.54) is 0 Å². The molecule has 3 aliphatic heterocycles. The number of carbonyl (C=O) groups is 1. The zero-order valence-electron chi connectivity index (χ0n) is 14.1. The molecule has 0 aliphatic carbocycles. The molecule has 1 amide bonds. The van der Waals surface area contributed by atoms with Crippen molar-refractivity contribution in [2.45, 2.75) is 23.7 Å². The number of aromatic nitrogens is 1. The largest absolute Gasteiger partial charge is 0.369 e. The maximum atomic E-state index is 12.7. The van der Waals surface area contributed by atoms with E-state index in [4.69, 9.17) is 4.74 Å². The van der Waals surface area contributed by atoms with Crippen LogP contribution in [0.3, 0.4) is 0 Å². The zero-order valence-corrected chi connectivity index (χ0v) is 15.0. The molecule has 3 saturated heterocycles. The van der Waals surface area contributed by atoms with Gasteiger partial charge in [-0.2, -0.15) is 0 Å². The highest BCUT2D eigenvalue weighted by Gasteiger charge is 2.54. The average molecular weight is 365 g/mol. The fourth-order valence-electron chi connectivity index (χ4n) is 3.95. The van der Waals surface area contributed by atoms with E-state index in [1.807, 2.05) is 0 Å². The fourth-order valence-corrected chi connectivity index (χ4v) is 5.89. The highest BCUT2D eigenvalue weighted by Crippen LogP contribution is 2.33. The molecule has 7 nitrogen and oxygen atoms in total. The Balaban J connectivity index is 1.37. The summed E-state index contributed by atoms with van der Waals surface area (Å²) in [6.45, 7) is 3.38. The van der Waals surface area contributed by atoms with Gasteiger partial charge in [0.25, 0.3) is 5.91 Å². The Morgan fingerprint density at radius 1 is 1.28 bits per heavy atom. The molecule has 136 valence electrons. The van der Waals surface area contributed by atoms with Gasteiger partial charge in [0.15, 0.2) is 9.84 Å². The van der Waals surface area contributed by atoms with Gasteiger partial charge in [-0.25, -0.2) is 8.42 Å². The standard InChI is InChI=1S/C17H23N3O4S/c21-16(15-5-1-2-6-18-15)20-11-17(12-20)13-25(22,23)14(10-24-17)9-19-7-3-4-8-19/h1-2,5-6,14H,3-4,7-13H2/t14-/m0/s1. The van der Waals surface area contributed by atoms with Crippen LogP contribution in [0.4, 0.5) is 0 Å². The van der Waals surface area contributed by atoms with Crippen molar-refractivity contribution in [1.82, 2.24) is 14.8 Å². The molecule has 0 unspecified atom stereocenters. The van der Waals surface area contributed by atoms with Gasteiger partial charge < -0.3 is 14.5 Å². The summed E-state index contributed by atoms with van der Waals surface area (Å²) in [5, 5.41) is -0.447. The average Bonchev–Trinajstić information content (AvgIpc) is 3.07. The number of sulfone groups is 1. The monoisotopic (exact) mass is 365 g/mol. The van der Waals surface area contributed by atoms with Gasteiger partial charge in [-0.05, 0) is 38.1 Å². The Morgan fingerprint density at radius 3 is 2.68 bits per heavy atom. The highest BCUT2D eigenvalue weighted by molar-refractivity contribution is 7.92. The molecular formula is C17H23N3O4S. The van der Waals surface area contributed by atoms with Crippen LogP contribution in [-0.4, -0.2) is 85.0 Å². The number of amides is 1. The summed E-state index contributed by atoms with van der Waals surface area (Å²) in [5.41, 5.74) is -0.354. The number of hydrogen-bond acceptors (Lipinski definition) is 6. The topological polar surface area (TPSA) is 79.8 Å². The Kier molecular flexibility index (Phi) is 4.29. The minimum Gasteiger partial charge on any atom is -0.369 e. The Bertz CT molecular complexity index is 740.